The Hall–Kier alpha value is -0.520. The molecule has 2 heteroatoms. The molecule has 1 fully saturated rings. The predicted molar refractivity (Wildman–Crippen MR) is 70.3 cm³/mol. The molecule has 0 radical (unpaired) electrons. The van der Waals surface area contributed by atoms with Crippen LogP contribution in [0, 0.1) is 17.8 Å². The fourth-order valence-corrected chi connectivity index (χ4v) is 2.31. The first-order valence-corrected chi connectivity index (χ1v) is 6.16. The van der Waals surface area contributed by atoms with Crippen molar-refractivity contribution in [2.75, 3.05) is 13.1 Å². The van der Waals surface area contributed by atoms with Crippen LogP contribution in [0.3, 0.4) is 0 Å². The molecule has 2 atom stereocenters. The molecule has 16 heavy (non-hydrogen) atoms. The molecule has 0 aromatic heterocycles. The van der Waals surface area contributed by atoms with Crippen molar-refractivity contribution in [1.82, 2.24) is 10.2 Å². The van der Waals surface area contributed by atoms with Crippen LogP contribution in [0.4, 0.5) is 0 Å². The average Bonchev–Trinajstić information content (AvgIpc) is 2.16. The van der Waals surface area contributed by atoms with Gasteiger partial charge in [-0.15, -0.1) is 6.42 Å². The van der Waals surface area contributed by atoms with Gasteiger partial charge in [0.1, 0.15) is 0 Å². The number of terminal acetylenes is 1. The molecule has 0 aliphatic carbocycles. The zero-order valence-electron chi connectivity index (χ0n) is 11.6. The number of hydrogen-bond donors (Lipinski definition) is 1. The Morgan fingerprint density at radius 3 is 2.25 bits per heavy atom. The molecular formula is C14H26N2. The van der Waals surface area contributed by atoms with E-state index >= 15 is 0 Å². The SMILES string of the molecule is C#CC(C)(C)N1CC(C(C)(C)C)NCC1C. The second-order valence-electron chi connectivity index (χ2n) is 6.53. The first-order valence-electron chi connectivity index (χ1n) is 6.16. The number of piperazine rings is 1. The number of rotatable bonds is 1. The summed E-state index contributed by atoms with van der Waals surface area (Å²) < 4.78 is 0. The molecule has 0 amide bonds. The summed E-state index contributed by atoms with van der Waals surface area (Å²) in [6.07, 6.45) is 5.64. The maximum atomic E-state index is 5.64. The van der Waals surface area contributed by atoms with Crippen LogP contribution in [0.15, 0.2) is 0 Å². The van der Waals surface area contributed by atoms with E-state index in [0.29, 0.717) is 12.1 Å². The third-order valence-electron chi connectivity index (χ3n) is 3.69. The van der Waals surface area contributed by atoms with Gasteiger partial charge in [0.25, 0.3) is 0 Å². The summed E-state index contributed by atoms with van der Waals surface area (Å²) in [6.45, 7) is 15.4. The molecule has 0 saturated carbocycles. The Morgan fingerprint density at radius 1 is 1.25 bits per heavy atom. The first-order chi connectivity index (χ1) is 7.18. The second-order valence-corrected chi connectivity index (χ2v) is 6.53. The molecule has 2 unspecified atom stereocenters. The summed E-state index contributed by atoms with van der Waals surface area (Å²) in [5.74, 6) is 2.91. The van der Waals surface area contributed by atoms with Crippen molar-refractivity contribution in [3.05, 3.63) is 0 Å². The Labute approximate surface area is 101 Å². The minimum atomic E-state index is -0.148. The van der Waals surface area contributed by atoms with Gasteiger partial charge >= 0.3 is 0 Å². The van der Waals surface area contributed by atoms with Crippen LogP contribution in [0.2, 0.25) is 0 Å². The van der Waals surface area contributed by atoms with Gasteiger partial charge in [-0.05, 0) is 26.2 Å². The molecule has 0 bridgehead atoms. The van der Waals surface area contributed by atoms with E-state index in [4.69, 9.17) is 6.42 Å². The lowest BCUT2D eigenvalue weighted by atomic mass is 9.83. The molecule has 1 saturated heterocycles. The van der Waals surface area contributed by atoms with E-state index in [9.17, 15) is 0 Å². The standard InChI is InChI=1S/C14H26N2/c1-8-14(6,7)16-10-12(13(3,4)5)15-9-11(16)2/h1,11-12,15H,9-10H2,2-7H3. The quantitative estimate of drug-likeness (QED) is 0.684. The summed E-state index contributed by atoms with van der Waals surface area (Å²) in [5, 5.41) is 3.62. The topological polar surface area (TPSA) is 15.3 Å². The van der Waals surface area contributed by atoms with Crippen molar-refractivity contribution in [3.63, 3.8) is 0 Å². The van der Waals surface area contributed by atoms with Gasteiger partial charge in [-0.25, -0.2) is 0 Å². The maximum Gasteiger partial charge on any atom is 0.0769 e. The summed E-state index contributed by atoms with van der Waals surface area (Å²) in [6, 6.07) is 1.01. The lowest BCUT2D eigenvalue weighted by Crippen LogP contribution is -2.64. The van der Waals surface area contributed by atoms with Crippen LogP contribution in [0.25, 0.3) is 0 Å². The zero-order valence-corrected chi connectivity index (χ0v) is 11.6. The molecule has 0 spiro atoms. The summed E-state index contributed by atoms with van der Waals surface area (Å²) in [4.78, 5) is 2.44. The zero-order chi connectivity index (χ0) is 12.6. The number of nitrogens with zero attached hydrogens (tertiary/aromatic N) is 1. The van der Waals surface area contributed by atoms with E-state index in [-0.39, 0.29) is 11.0 Å². The molecule has 1 rings (SSSR count). The Morgan fingerprint density at radius 2 is 1.81 bits per heavy atom. The van der Waals surface area contributed by atoms with E-state index in [1.807, 2.05) is 0 Å². The van der Waals surface area contributed by atoms with Crippen LogP contribution in [0.5, 0.6) is 0 Å². The summed E-state index contributed by atoms with van der Waals surface area (Å²) in [5.41, 5.74) is 0.133. The maximum absolute atomic E-state index is 5.64. The van der Waals surface area contributed by atoms with Crippen LogP contribution in [-0.2, 0) is 0 Å². The molecule has 0 aromatic carbocycles. The van der Waals surface area contributed by atoms with E-state index in [1.165, 1.54) is 0 Å². The lowest BCUT2D eigenvalue weighted by Gasteiger charge is -2.48. The van der Waals surface area contributed by atoms with Crippen molar-refractivity contribution >= 4 is 0 Å². The Balaban J connectivity index is 2.82. The van der Waals surface area contributed by atoms with E-state index in [1.54, 1.807) is 0 Å². The van der Waals surface area contributed by atoms with Crippen molar-refractivity contribution in [1.29, 1.82) is 0 Å². The molecule has 1 aliphatic rings. The second kappa shape index (κ2) is 4.39. The van der Waals surface area contributed by atoms with E-state index < -0.39 is 0 Å². The molecule has 1 heterocycles. The minimum Gasteiger partial charge on any atom is -0.311 e. The summed E-state index contributed by atoms with van der Waals surface area (Å²) in [7, 11) is 0. The Bertz CT molecular complexity index is 280. The molecular weight excluding hydrogens is 196 g/mol. The lowest BCUT2D eigenvalue weighted by molar-refractivity contribution is 0.0424. The fourth-order valence-electron chi connectivity index (χ4n) is 2.31. The van der Waals surface area contributed by atoms with Gasteiger partial charge in [0.2, 0.25) is 0 Å². The third-order valence-corrected chi connectivity index (χ3v) is 3.69. The molecule has 0 aromatic rings. The highest BCUT2D eigenvalue weighted by Gasteiger charge is 2.37. The normalized spacial score (nSPS) is 28.8. The van der Waals surface area contributed by atoms with Crippen molar-refractivity contribution < 1.29 is 0 Å². The van der Waals surface area contributed by atoms with Gasteiger partial charge < -0.3 is 5.32 Å². The molecule has 92 valence electrons. The van der Waals surface area contributed by atoms with Gasteiger partial charge in [0.05, 0.1) is 5.54 Å². The third kappa shape index (κ3) is 2.78. The number of hydrogen-bond acceptors (Lipinski definition) is 2. The van der Waals surface area contributed by atoms with Crippen LogP contribution >= 0.6 is 0 Å². The average molecular weight is 222 g/mol. The summed E-state index contributed by atoms with van der Waals surface area (Å²) >= 11 is 0. The fraction of sp³-hybridized carbons (Fsp3) is 0.857. The number of nitrogens with one attached hydrogen (secondary N) is 1. The van der Waals surface area contributed by atoms with Gasteiger partial charge in [-0.1, -0.05) is 26.7 Å². The largest absolute Gasteiger partial charge is 0.311 e. The van der Waals surface area contributed by atoms with E-state index in [2.05, 4.69) is 57.7 Å². The molecule has 1 aliphatic heterocycles. The minimum absolute atomic E-state index is 0.148. The van der Waals surface area contributed by atoms with Crippen molar-refractivity contribution in [2.24, 2.45) is 5.41 Å². The van der Waals surface area contributed by atoms with Crippen LogP contribution < -0.4 is 5.32 Å². The van der Waals surface area contributed by atoms with Gasteiger partial charge in [0.15, 0.2) is 0 Å². The molecule has 2 nitrogen and oxygen atoms in total. The predicted octanol–water partition coefficient (Wildman–Crippen LogP) is 2.11. The van der Waals surface area contributed by atoms with Gasteiger partial charge in [-0.3, -0.25) is 4.90 Å². The van der Waals surface area contributed by atoms with Gasteiger partial charge in [-0.2, -0.15) is 0 Å². The highest BCUT2D eigenvalue weighted by molar-refractivity contribution is 5.11. The first kappa shape index (κ1) is 13.5. The monoisotopic (exact) mass is 222 g/mol. The van der Waals surface area contributed by atoms with Crippen molar-refractivity contribution in [2.45, 2.75) is 59.2 Å². The van der Waals surface area contributed by atoms with Crippen LogP contribution in [-0.4, -0.2) is 35.6 Å². The Kier molecular flexibility index (Phi) is 3.72. The molecule has 1 N–H and O–H groups in total. The smallest absolute Gasteiger partial charge is 0.0769 e. The highest BCUT2D eigenvalue weighted by atomic mass is 15.3. The van der Waals surface area contributed by atoms with Crippen molar-refractivity contribution in [3.8, 4) is 12.3 Å². The van der Waals surface area contributed by atoms with Gasteiger partial charge in [0, 0.05) is 25.2 Å². The highest BCUT2D eigenvalue weighted by Crippen LogP contribution is 2.27. The van der Waals surface area contributed by atoms with Crippen LogP contribution in [0.1, 0.15) is 41.5 Å². The van der Waals surface area contributed by atoms with E-state index in [0.717, 1.165) is 13.1 Å².